The summed E-state index contributed by atoms with van der Waals surface area (Å²) >= 11 is 0. The Morgan fingerprint density at radius 2 is 1.48 bits per heavy atom. The Hall–Kier alpha value is -1.48. The van der Waals surface area contributed by atoms with Crippen LogP contribution in [0.2, 0.25) is 0 Å². The third kappa shape index (κ3) is 5.43. The van der Waals surface area contributed by atoms with Crippen LogP contribution < -0.4 is 0 Å². The first-order valence-electron chi connectivity index (χ1n) is 6.54. The number of carbonyl (C=O) groups excluding carboxylic acids is 1. The van der Waals surface area contributed by atoms with Crippen molar-refractivity contribution in [1.29, 1.82) is 0 Å². The highest BCUT2D eigenvalue weighted by atomic mass is 31.2. The third-order valence-electron chi connectivity index (χ3n) is 2.51. The van der Waals surface area contributed by atoms with Gasteiger partial charge in [-0.3, -0.25) is 18.4 Å². The van der Waals surface area contributed by atoms with Gasteiger partial charge >= 0.3 is 7.60 Å². The van der Waals surface area contributed by atoms with Crippen LogP contribution in [0.4, 0.5) is 0 Å². The second kappa shape index (κ2) is 7.51. The van der Waals surface area contributed by atoms with Gasteiger partial charge in [-0.25, -0.2) is 0 Å². The normalized spacial score (nSPS) is 11.2. The summed E-state index contributed by atoms with van der Waals surface area (Å²) in [7, 11) is -3.92. The predicted octanol–water partition coefficient (Wildman–Crippen LogP) is 4.51. The molecule has 0 radical (unpaired) electrons. The summed E-state index contributed by atoms with van der Waals surface area (Å²) in [6, 6.07) is 6.77. The lowest BCUT2D eigenvalue weighted by Gasteiger charge is -2.17. The van der Waals surface area contributed by atoms with Crippen LogP contribution in [0.25, 0.3) is 0 Å². The molecule has 0 N–H and O–H groups in total. The smallest absolute Gasteiger partial charge is 0.298 e. The van der Waals surface area contributed by atoms with Gasteiger partial charge in [0.25, 0.3) is 5.52 Å². The van der Waals surface area contributed by atoms with Crippen molar-refractivity contribution >= 4 is 13.1 Å². The fourth-order valence-corrected chi connectivity index (χ4v) is 2.95. The van der Waals surface area contributed by atoms with E-state index in [1.807, 2.05) is 6.92 Å². The highest BCUT2D eigenvalue weighted by Crippen LogP contribution is 2.51. The highest BCUT2D eigenvalue weighted by molar-refractivity contribution is 7.72. The molecule has 4 nitrogen and oxygen atoms in total. The van der Waals surface area contributed by atoms with E-state index in [-0.39, 0.29) is 13.2 Å². The van der Waals surface area contributed by atoms with Gasteiger partial charge in [0.1, 0.15) is 0 Å². The summed E-state index contributed by atoms with van der Waals surface area (Å²) in [5.74, 6) is 0. The summed E-state index contributed by atoms with van der Waals surface area (Å²) in [6.07, 6.45) is 0. The topological polar surface area (TPSA) is 52.6 Å². The Morgan fingerprint density at radius 1 is 1.05 bits per heavy atom. The molecular formula is C16H21O4P. The molecule has 0 amide bonds. The van der Waals surface area contributed by atoms with Gasteiger partial charge in [-0.15, -0.1) is 0 Å². The average molecular weight is 308 g/mol. The Morgan fingerprint density at radius 3 is 1.86 bits per heavy atom. The minimum absolute atomic E-state index is 0.00503. The molecule has 0 unspecified atom stereocenters. The second-order valence-corrected chi connectivity index (χ2v) is 7.05. The van der Waals surface area contributed by atoms with Crippen LogP contribution in [0.1, 0.15) is 29.8 Å². The van der Waals surface area contributed by atoms with Crippen molar-refractivity contribution in [2.45, 2.75) is 20.8 Å². The van der Waals surface area contributed by atoms with Crippen molar-refractivity contribution in [3.63, 3.8) is 0 Å². The summed E-state index contributed by atoms with van der Waals surface area (Å²) in [4.78, 5) is 12.4. The molecule has 0 saturated heterocycles. The monoisotopic (exact) mass is 308 g/mol. The lowest BCUT2D eigenvalue weighted by Crippen LogP contribution is -2.09. The third-order valence-corrected chi connectivity index (χ3v) is 4.20. The SMILES string of the molecule is C=C(C)COP(=O)(OCC(=C)C)C(=O)c1ccc(C)cc1. The fourth-order valence-electron chi connectivity index (χ4n) is 1.40. The van der Waals surface area contributed by atoms with E-state index in [0.29, 0.717) is 16.7 Å². The second-order valence-electron chi connectivity index (χ2n) is 5.13. The number of benzene rings is 1. The molecule has 0 saturated carbocycles. The van der Waals surface area contributed by atoms with Crippen LogP contribution in [0.15, 0.2) is 48.6 Å². The largest absolute Gasteiger partial charge is 0.402 e. The Labute approximate surface area is 126 Å². The van der Waals surface area contributed by atoms with Crippen molar-refractivity contribution in [2.75, 3.05) is 13.2 Å². The van der Waals surface area contributed by atoms with E-state index in [9.17, 15) is 9.36 Å². The Kier molecular flexibility index (Phi) is 6.28. The molecule has 114 valence electrons. The van der Waals surface area contributed by atoms with Crippen molar-refractivity contribution in [3.8, 4) is 0 Å². The first-order chi connectivity index (χ1) is 9.74. The van der Waals surface area contributed by atoms with Crippen LogP contribution >= 0.6 is 7.60 Å². The quantitative estimate of drug-likeness (QED) is 0.523. The van der Waals surface area contributed by atoms with Crippen LogP contribution in [-0.2, 0) is 13.6 Å². The van der Waals surface area contributed by atoms with Gasteiger partial charge in [0.05, 0.1) is 13.2 Å². The minimum atomic E-state index is -3.92. The van der Waals surface area contributed by atoms with E-state index in [4.69, 9.17) is 9.05 Å². The Balaban J connectivity index is 3.00. The number of carbonyl (C=O) groups is 1. The van der Waals surface area contributed by atoms with Gasteiger partial charge in [-0.1, -0.05) is 54.1 Å². The summed E-state index contributed by atoms with van der Waals surface area (Å²) in [5.41, 5.74) is 1.97. The molecule has 0 atom stereocenters. The zero-order chi connectivity index (χ0) is 16.0. The van der Waals surface area contributed by atoms with Gasteiger partial charge < -0.3 is 0 Å². The fraction of sp³-hybridized carbons (Fsp3) is 0.312. The summed E-state index contributed by atoms with van der Waals surface area (Å²) < 4.78 is 23.2. The molecule has 0 aliphatic rings. The molecule has 0 heterocycles. The van der Waals surface area contributed by atoms with E-state index < -0.39 is 13.1 Å². The average Bonchev–Trinajstić information content (AvgIpc) is 2.43. The minimum Gasteiger partial charge on any atom is -0.298 e. The molecule has 1 rings (SSSR count). The lowest BCUT2D eigenvalue weighted by molar-refractivity contribution is 0.101. The van der Waals surface area contributed by atoms with E-state index in [0.717, 1.165) is 5.56 Å². The maximum absolute atomic E-state index is 12.7. The molecular weight excluding hydrogens is 287 g/mol. The number of hydrogen-bond donors (Lipinski definition) is 0. The predicted molar refractivity (Wildman–Crippen MR) is 84.6 cm³/mol. The maximum Gasteiger partial charge on any atom is 0.402 e. The molecule has 0 aliphatic heterocycles. The van der Waals surface area contributed by atoms with Crippen LogP contribution in [0, 0.1) is 6.92 Å². The molecule has 1 aromatic carbocycles. The zero-order valence-corrected chi connectivity index (χ0v) is 13.6. The maximum atomic E-state index is 12.7. The summed E-state index contributed by atoms with van der Waals surface area (Å²) in [6.45, 7) is 12.7. The molecule has 5 heteroatoms. The van der Waals surface area contributed by atoms with Crippen LogP contribution in [-0.4, -0.2) is 18.7 Å². The van der Waals surface area contributed by atoms with Crippen molar-refractivity contribution in [1.82, 2.24) is 0 Å². The van der Waals surface area contributed by atoms with E-state index in [1.54, 1.807) is 38.1 Å². The number of aryl methyl sites for hydroxylation is 1. The van der Waals surface area contributed by atoms with E-state index >= 15 is 0 Å². The standard InChI is InChI=1S/C16H21O4P/c1-12(2)10-19-21(18,20-11-13(3)4)16(17)15-8-6-14(5)7-9-15/h6-9H,1,3,10-11H2,2,4-5H3. The van der Waals surface area contributed by atoms with Crippen molar-refractivity contribution in [2.24, 2.45) is 0 Å². The molecule has 21 heavy (non-hydrogen) atoms. The van der Waals surface area contributed by atoms with Crippen LogP contribution in [0.3, 0.4) is 0 Å². The molecule has 0 fully saturated rings. The van der Waals surface area contributed by atoms with Crippen LogP contribution in [0.5, 0.6) is 0 Å². The van der Waals surface area contributed by atoms with Gasteiger partial charge in [0.2, 0.25) is 0 Å². The van der Waals surface area contributed by atoms with Gasteiger partial charge in [0.15, 0.2) is 0 Å². The van der Waals surface area contributed by atoms with E-state index in [1.165, 1.54) is 0 Å². The Bertz CT molecular complexity index is 565. The first-order valence-corrected chi connectivity index (χ1v) is 8.08. The van der Waals surface area contributed by atoms with Gasteiger partial charge in [-0.05, 0) is 20.8 Å². The lowest BCUT2D eigenvalue weighted by atomic mass is 10.2. The van der Waals surface area contributed by atoms with Gasteiger partial charge in [0, 0.05) is 5.56 Å². The molecule has 0 spiro atoms. The first kappa shape index (κ1) is 17.6. The molecule has 0 bridgehead atoms. The molecule has 1 aromatic rings. The van der Waals surface area contributed by atoms with Gasteiger partial charge in [-0.2, -0.15) is 0 Å². The van der Waals surface area contributed by atoms with E-state index in [2.05, 4.69) is 13.2 Å². The number of rotatable bonds is 8. The van der Waals surface area contributed by atoms with Crippen molar-refractivity contribution in [3.05, 3.63) is 59.7 Å². The zero-order valence-electron chi connectivity index (χ0n) is 12.7. The molecule has 0 aromatic heterocycles. The summed E-state index contributed by atoms with van der Waals surface area (Å²) in [5, 5.41) is 0. The highest BCUT2D eigenvalue weighted by Gasteiger charge is 2.35. The molecule has 0 aliphatic carbocycles. The number of hydrogen-bond acceptors (Lipinski definition) is 4. The van der Waals surface area contributed by atoms with Crippen molar-refractivity contribution < 1.29 is 18.4 Å².